The van der Waals surface area contributed by atoms with Gasteiger partial charge in [-0.3, -0.25) is 0 Å². The standard InChI is InChI=1S/C20H26N2S/c1-13(2)17-7-6-8-18(14(3)4)19(17)22-20(23)21-16-11-9-15(5)10-12-16/h6-14H,1-5H3,(H2,21,22,23). The number of aryl methyl sites for hydroxylation is 1. The van der Waals surface area contributed by atoms with Crippen molar-refractivity contribution in [3.63, 3.8) is 0 Å². The Hall–Kier alpha value is -1.87. The number of anilines is 2. The molecule has 2 aromatic rings. The second-order valence-corrected chi connectivity index (χ2v) is 6.97. The van der Waals surface area contributed by atoms with E-state index in [1.807, 2.05) is 12.1 Å². The molecule has 2 rings (SSSR count). The maximum atomic E-state index is 5.52. The van der Waals surface area contributed by atoms with Gasteiger partial charge in [0, 0.05) is 11.4 Å². The Bertz CT molecular complexity index is 646. The molecular weight excluding hydrogens is 300 g/mol. The van der Waals surface area contributed by atoms with Crippen LogP contribution >= 0.6 is 12.2 Å². The molecule has 0 aliphatic heterocycles. The van der Waals surface area contributed by atoms with E-state index < -0.39 is 0 Å². The summed E-state index contributed by atoms with van der Waals surface area (Å²) >= 11 is 5.52. The van der Waals surface area contributed by atoms with Crippen molar-refractivity contribution >= 4 is 28.7 Å². The van der Waals surface area contributed by atoms with Crippen molar-refractivity contribution in [2.24, 2.45) is 0 Å². The van der Waals surface area contributed by atoms with Crippen LogP contribution in [0.2, 0.25) is 0 Å². The van der Waals surface area contributed by atoms with Gasteiger partial charge in [-0.25, -0.2) is 0 Å². The second kappa shape index (κ2) is 7.60. The van der Waals surface area contributed by atoms with Gasteiger partial charge in [0.05, 0.1) is 0 Å². The van der Waals surface area contributed by atoms with Gasteiger partial charge in [-0.05, 0) is 54.2 Å². The summed E-state index contributed by atoms with van der Waals surface area (Å²) in [6, 6.07) is 14.7. The van der Waals surface area contributed by atoms with Gasteiger partial charge in [-0.2, -0.15) is 0 Å². The van der Waals surface area contributed by atoms with Crippen LogP contribution in [0, 0.1) is 6.92 Å². The molecule has 0 unspecified atom stereocenters. The minimum atomic E-state index is 0.443. The summed E-state index contributed by atoms with van der Waals surface area (Å²) in [5, 5.41) is 7.32. The van der Waals surface area contributed by atoms with Crippen LogP contribution in [0.25, 0.3) is 0 Å². The molecule has 2 aromatic carbocycles. The van der Waals surface area contributed by atoms with Gasteiger partial charge < -0.3 is 10.6 Å². The quantitative estimate of drug-likeness (QED) is 0.669. The zero-order chi connectivity index (χ0) is 17.0. The van der Waals surface area contributed by atoms with E-state index in [1.165, 1.54) is 16.7 Å². The van der Waals surface area contributed by atoms with Crippen LogP contribution < -0.4 is 10.6 Å². The lowest BCUT2D eigenvalue weighted by atomic mass is 9.93. The first-order valence-electron chi connectivity index (χ1n) is 8.16. The molecule has 2 nitrogen and oxygen atoms in total. The number of benzene rings is 2. The summed E-state index contributed by atoms with van der Waals surface area (Å²) in [7, 11) is 0. The first-order chi connectivity index (χ1) is 10.9. The lowest BCUT2D eigenvalue weighted by molar-refractivity contribution is 0.839. The Morgan fingerprint density at radius 2 is 1.35 bits per heavy atom. The Morgan fingerprint density at radius 3 is 1.83 bits per heavy atom. The average molecular weight is 327 g/mol. The van der Waals surface area contributed by atoms with Crippen LogP contribution in [-0.4, -0.2) is 5.11 Å². The minimum absolute atomic E-state index is 0.443. The number of hydrogen-bond donors (Lipinski definition) is 2. The highest BCUT2D eigenvalue weighted by molar-refractivity contribution is 7.80. The summed E-state index contributed by atoms with van der Waals surface area (Å²) in [6.45, 7) is 10.9. The Labute approximate surface area is 145 Å². The van der Waals surface area contributed by atoms with Crippen LogP contribution in [-0.2, 0) is 0 Å². The molecule has 23 heavy (non-hydrogen) atoms. The van der Waals surface area contributed by atoms with Gasteiger partial charge in [0.15, 0.2) is 5.11 Å². The van der Waals surface area contributed by atoms with Crippen molar-refractivity contribution in [2.45, 2.75) is 46.5 Å². The highest BCUT2D eigenvalue weighted by atomic mass is 32.1. The molecule has 0 aromatic heterocycles. The number of rotatable bonds is 4. The normalized spacial score (nSPS) is 10.9. The van der Waals surface area contributed by atoms with Crippen LogP contribution in [0.5, 0.6) is 0 Å². The summed E-state index contributed by atoms with van der Waals surface area (Å²) in [5.41, 5.74) is 5.97. The van der Waals surface area contributed by atoms with Crippen molar-refractivity contribution in [2.75, 3.05) is 10.6 Å². The number of hydrogen-bond acceptors (Lipinski definition) is 1. The van der Waals surface area contributed by atoms with E-state index >= 15 is 0 Å². The third-order valence-corrected chi connectivity index (χ3v) is 4.13. The van der Waals surface area contributed by atoms with Crippen molar-refractivity contribution in [3.8, 4) is 0 Å². The zero-order valence-corrected chi connectivity index (χ0v) is 15.4. The van der Waals surface area contributed by atoms with E-state index in [9.17, 15) is 0 Å². The van der Waals surface area contributed by atoms with Crippen LogP contribution in [0.15, 0.2) is 42.5 Å². The fourth-order valence-electron chi connectivity index (χ4n) is 2.61. The summed E-state index contributed by atoms with van der Waals surface area (Å²) in [6.07, 6.45) is 0. The summed E-state index contributed by atoms with van der Waals surface area (Å²) in [4.78, 5) is 0. The fourth-order valence-corrected chi connectivity index (χ4v) is 2.83. The Morgan fingerprint density at radius 1 is 0.826 bits per heavy atom. The van der Waals surface area contributed by atoms with Gasteiger partial charge >= 0.3 is 0 Å². The van der Waals surface area contributed by atoms with Crippen molar-refractivity contribution in [1.82, 2.24) is 0 Å². The number of nitrogens with one attached hydrogen (secondary N) is 2. The zero-order valence-electron chi connectivity index (χ0n) is 14.6. The van der Waals surface area contributed by atoms with Crippen LogP contribution in [0.1, 0.15) is 56.2 Å². The van der Waals surface area contributed by atoms with Crippen LogP contribution in [0.4, 0.5) is 11.4 Å². The predicted octanol–water partition coefficient (Wildman–Crippen LogP) is 6.05. The summed E-state index contributed by atoms with van der Waals surface area (Å²) < 4.78 is 0. The van der Waals surface area contributed by atoms with Crippen molar-refractivity contribution < 1.29 is 0 Å². The Balaban J connectivity index is 2.24. The Kier molecular flexibility index (Phi) is 5.78. The average Bonchev–Trinajstić information content (AvgIpc) is 2.49. The molecule has 0 aliphatic rings. The van der Waals surface area contributed by atoms with E-state index in [2.05, 4.69) is 75.6 Å². The summed E-state index contributed by atoms with van der Waals surface area (Å²) in [5.74, 6) is 0.886. The third-order valence-electron chi connectivity index (χ3n) is 3.92. The van der Waals surface area contributed by atoms with Gasteiger partial charge in [0.2, 0.25) is 0 Å². The van der Waals surface area contributed by atoms with Crippen LogP contribution in [0.3, 0.4) is 0 Å². The largest absolute Gasteiger partial charge is 0.332 e. The molecule has 0 aliphatic carbocycles. The number of para-hydroxylation sites is 1. The highest BCUT2D eigenvalue weighted by Gasteiger charge is 2.14. The first-order valence-corrected chi connectivity index (χ1v) is 8.56. The molecule has 0 atom stereocenters. The van der Waals surface area contributed by atoms with Gasteiger partial charge in [0.1, 0.15) is 0 Å². The molecule has 0 saturated carbocycles. The fraction of sp³-hybridized carbons (Fsp3) is 0.350. The molecule has 3 heteroatoms. The first kappa shape index (κ1) is 17.5. The molecule has 2 N–H and O–H groups in total. The second-order valence-electron chi connectivity index (χ2n) is 6.57. The molecule has 0 amide bonds. The predicted molar refractivity (Wildman–Crippen MR) is 106 cm³/mol. The monoisotopic (exact) mass is 326 g/mol. The van der Waals surface area contributed by atoms with E-state index in [1.54, 1.807) is 0 Å². The third kappa shape index (κ3) is 4.55. The highest BCUT2D eigenvalue weighted by Crippen LogP contribution is 2.32. The van der Waals surface area contributed by atoms with Crippen molar-refractivity contribution in [1.29, 1.82) is 0 Å². The van der Waals surface area contributed by atoms with Gasteiger partial charge in [0.25, 0.3) is 0 Å². The molecule has 0 fully saturated rings. The van der Waals surface area contributed by atoms with Gasteiger partial charge in [-0.1, -0.05) is 63.6 Å². The minimum Gasteiger partial charge on any atom is -0.332 e. The molecule has 0 saturated heterocycles. The molecule has 0 heterocycles. The van der Waals surface area contributed by atoms with E-state index in [0.29, 0.717) is 16.9 Å². The topological polar surface area (TPSA) is 24.1 Å². The number of thiocarbonyl (C=S) groups is 1. The van der Waals surface area contributed by atoms with E-state index in [0.717, 1.165) is 11.4 Å². The molecule has 0 spiro atoms. The maximum absolute atomic E-state index is 5.52. The lowest BCUT2D eigenvalue weighted by Crippen LogP contribution is -2.21. The van der Waals surface area contributed by atoms with E-state index in [-0.39, 0.29) is 0 Å². The van der Waals surface area contributed by atoms with Gasteiger partial charge in [-0.15, -0.1) is 0 Å². The lowest BCUT2D eigenvalue weighted by Gasteiger charge is -2.21. The van der Waals surface area contributed by atoms with Crippen molar-refractivity contribution in [3.05, 3.63) is 59.2 Å². The maximum Gasteiger partial charge on any atom is 0.175 e. The molecular formula is C20H26N2S. The molecule has 122 valence electrons. The smallest absolute Gasteiger partial charge is 0.175 e. The molecule has 0 bridgehead atoms. The SMILES string of the molecule is Cc1ccc(NC(=S)Nc2c(C(C)C)cccc2C(C)C)cc1. The molecule has 0 radical (unpaired) electrons. The van der Waals surface area contributed by atoms with E-state index in [4.69, 9.17) is 12.2 Å².